The summed E-state index contributed by atoms with van der Waals surface area (Å²) >= 11 is 0. The van der Waals surface area contributed by atoms with Crippen LogP contribution in [0.25, 0.3) is 67.2 Å². The number of nitrogens with zero attached hydrogens (tertiary/aromatic N) is 2. The van der Waals surface area contributed by atoms with E-state index >= 15 is 0 Å². The van der Waals surface area contributed by atoms with Crippen molar-refractivity contribution >= 4 is 0 Å². The van der Waals surface area contributed by atoms with Crippen LogP contribution in [0, 0.1) is 0 Å². The van der Waals surface area contributed by atoms with Gasteiger partial charge in [0.2, 0.25) is 0 Å². The van der Waals surface area contributed by atoms with E-state index in [-0.39, 0.29) is 0 Å². The fourth-order valence-corrected chi connectivity index (χ4v) is 11.1. The van der Waals surface area contributed by atoms with Crippen LogP contribution < -0.4 is 0 Å². The molecule has 0 atom stereocenters. The third kappa shape index (κ3) is 3.54. The number of benzene rings is 8. The zero-order chi connectivity index (χ0) is 36.6. The molecule has 0 fully saturated rings. The predicted octanol–water partition coefficient (Wildman–Crippen LogP) is 12.5. The number of rotatable bonds is 2. The Kier molecular flexibility index (Phi) is 5.79. The average Bonchev–Trinajstić information content (AvgIpc) is 3.95. The van der Waals surface area contributed by atoms with E-state index in [0.717, 1.165) is 22.6 Å². The van der Waals surface area contributed by atoms with E-state index in [0.29, 0.717) is 0 Å². The molecule has 0 aliphatic heterocycles. The zero-order valence-electron chi connectivity index (χ0n) is 30.4. The highest BCUT2D eigenvalue weighted by molar-refractivity contribution is 5.97. The van der Waals surface area contributed by atoms with Gasteiger partial charge in [-0.3, -0.25) is 0 Å². The van der Waals surface area contributed by atoms with Crippen LogP contribution in [0.3, 0.4) is 0 Å². The molecule has 13 rings (SSSR count). The highest BCUT2D eigenvalue weighted by Crippen LogP contribution is 2.64. The lowest BCUT2D eigenvalue weighted by Crippen LogP contribution is -2.25. The minimum Gasteiger partial charge on any atom is -0.237 e. The Morgan fingerprint density at radius 1 is 0.286 bits per heavy atom. The van der Waals surface area contributed by atoms with Gasteiger partial charge in [0.05, 0.1) is 16.5 Å². The molecule has 0 unspecified atom stereocenters. The molecule has 4 aliphatic carbocycles. The predicted molar refractivity (Wildman–Crippen MR) is 225 cm³/mol. The number of aromatic nitrogens is 2. The van der Waals surface area contributed by atoms with Crippen molar-refractivity contribution in [2.24, 2.45) is 0 Å². The maximum atomic E-state index is 5.36. The molecule has 0 radical (unpaired) electrons. The largest absolute Gasteiger partial charge is 0.237 e. The molecule has 0 amide bonds. The van der Waals surface area contributed by atoms with Gasteiger partial charge in [0.25, 0.3) is 0 Å². The van der Waals surface area contributed by atoms with Gasteiger partial charge in [0.1, 0.15) is 0 Å². The Morgan fingerprint density at radius 3 is 1.00 bits per heavy atom. The van der Waals surface area contributed by atoms with Crippen molar-refractivity contribution in [2.75, 3.05) is 0 Å². The molecule has 258 valence electrons. The molecule has 8 aromatic carbocycles. The Labute approximate surface area is 325 Å². The van der Waals surface area contributed by atoms with Crippen LogP contribution in [0.2, 0.25) is 0 Å². The molecule has 56 heavy (non-hydrogen) atoms. The van der Waals surface area contributed by atoms with Gasteiger partial charge in [-0.05, 0) is 107 Å². The lowest BCUT2D eigenvalue weighted by atomic mass is 9.70. The Morgan fingerprint density at radius 2 is 0.607 bits per heavy atom. The summed E-state index contributed by atoms with van der Waals surface area (Å²) in [7, 11) is 0. The zero-order valence-corrected chi connectivity index (χ0v) is 30.4. The van der Waals surface area contributed by atoms with Crippen molar-refractivity contribution in [1.82, 2.24) is 9.97 Å². The summed E-state index contributed by atoms with van der Waals surface area (Å²) in [6.45, 7) is 0. The van der Waals surface area contributed by atoms with Gasteiger partial charge in [-0.25, -0.2) is 9.97 Å². The Hall–Kier alpha value is -7.16. The van der Waals surface area contributed by atoms with Crippen LogP contribution in [-0.2, 0) is 10.8 Å². The van der Waals surface area contributed by atoms with Crippen LogP contribution in [-0.4, -0.2) is 9.97 Å². The molecule has 9 aromatic rings. The molecule has 2 heteroatoms. The SMILES string of the molecule is c1ccc2c(c1)-c1ccccc1C21c2ccccc2-c2ccc(-c3ccnc(-c4ccc5c(c4)C4(c6ccccc6-c6ccccc64)c4ccccc4-5)n3)cc21. The van der Waals surface area contributed by atoms with Crippen molar-refractivity contribution in [2.45, 2.75) is 10.8 Å². The van der Waals surface area contributed by atoms with Gasteiger partial charge in [0, 0.05) is 17.3 Å². The van der Waals surface area contributed by atoms with Crippen LogP contribution >= 0.6 is 0 Å². The molecule has 2 spiro atoms. The lowest BCUT2D eigenvalue weighted by Gasteiger charge is -2.30. The van der Waals surface area contributed by atoms with Crippen molar-refractivity contribution in [3.63, 3.8) is 0 Å². The molecule has 0 saturated carbocycles. The second kappa shape index (κ2) is 10.7. The van der Waals surface area contributed by atoms with Crippen molar-refractivity contribution < 1.29 is 0 Å². The summed E-state index contributed by atoms with van der Waals surface area (Å²) in [4.78, 5) is 10.3. The van der Waals surface area contributed by atoms with Gasteiger partial charge < -0.3 is 0 Å². The van der Waals surface area contributed by atoms with Gasteiger partial charge in [-0.1, -0.05) is 170 Å². The minimum absolute atomic E-state index is 0.401. The third-order valence-corrected chi connectivity index (χ3v) is 13.2. The van der Waals surface area contributed by atoms with Crippen molar-refractivity contribution in [3.05, 3.63) is 239 Å². The second-order valence-electron chi connectivity index (χ2n) is 15.6. The van der Waals surface area contributed by atoms with Gasteiger partial charge >= 0.3 is 0 Å². The molecule has 1 heterocycles. The molecular formula is C54H32N2. The second-order valence-corrected chi connectivity index (χ2v) is 15.6. The maximum Gasteiger partial charge on any atom is 0.159 e. The molecule has 4 aliphatic rings. The summed E-state index contributed by atoms with van der Waals surface area (Å²) in [6.07, 6.45) is 1.92. The lowest BCUT2D eigenvalue weighted by molar-refractivity contribution is 0.793. The van der Waals surface area contributed by atoms with Crippen molar-refractivity contribution in [1.29, 1.82) is 0 Å². The van der Waals surface area contributed by atoms with Crippen LogP contribution in [0.1, 0.15) is 44.5 Å². The van der Waals surface area contributed by atoms with E-state index in [4.69, 9.17) is 9.97 Å². The fraction of sp³-hybridized carbons (Fsp3) is 0.0370. The minimum atomic E-state index is -0.413. The monoisotopic (exact) mass is 708 g/mol. The first-order valence-electron chi connectivity index (χ1n) is 19.5. The van der Waals surface area contributed by atoms with E-state index in [1.165, 1.54) is 89.0 Å². The van der Waals surface area contributed by atoms with E-state index < -0.39 is 10.8 Å². The molecule has 0 saturated heterocycles. The smallest absolute Gasteiger partial charge is 0.159 e. The van der Waals surface area contributed by atoms with Crippen LogP contribution in [0.15, 0.2) is 194 Å². The van der Waals surface area contributed by atoms with E-state index in [9.17, 15) is 0 Å². The average molecular weight is 709 g/mol. The first-order valence-corrected chi connectivity index (χ1v) is 19.5. The summed E-state index contributed by atoms with van der Waals surface area (Å²) in [5.41, 5.74) is 23.2. The summed E-state index contributed by atoms with van der Waals surface area (Å²) < 4.78 is 0. The number of hydrogen-bond donors (Lipinski definition) is 0. The fourth-order valence-electron chi connectivity index (χ4n) is 11.1. The molecule has 2 nitrogen and oxygen atoms in total. The maximum absolute atomic E-state index is 5.36. The standard InChI is InChI=1S/C54H32N2/c1-7-19-43-35(13-1)36-14-2-8-20-44(36)53(43)47-23-11-5-17-39(47)41-27-25-33(31-49(41)53)51-29-30-55-52(56-51)34-26-28-42-40-18-6-12-24-48(40)54(50(42)32-34)45-21-9-3-15-37(45)38-16-4-10-22-46(38)54/h1-32H. The number of fused-ring (bicyclic) bond motifs is 20. The molecule has 0 N–H and O–H groups in total. The molecule has 1 aromatic heterocycles. The van der Waals surface area contributed by atoms with E-state index in [1.54, 1.807) is 0 Å². The molecule has 0 bridgehead atoms. The highest BCUT2D eigenvalue weighted by atomic mass is 14.9. The first-order chi connectivity index (χ1) is 27.8. The van der Waals surface area contributed by atoms with Crippen molar-refractivity contribution in [3.8, 4) is 67.2 Å². The van der Waals surface area contributed by atoms with Crippen LogP contribution in [0.4, 0.5) is 0 Å². The first kappa shape index (κ1) is 30.2. The molecular weight excluding hydrogens is 677 g/mol. The quantitative estimate of drug-likeness (QED) is 0.179. The van der Waals surface area contributed by atoms with Crippen LogP contribution in [0.5, 0.6) is 0 Å². The Bertz CT molecular complexity index is 2830. The normalized spacial score (nSPS) is 14.7. The highest BCUT2D eigenvalue weighted by Gasteiger charge is 2.53. The van der Waals surface area contributed by atoms with E-state index in [2.05, 4.69) is 188 Å². The van der Waals surface area contributed by atoms with Gasteiger partial charge in [-0.2, -0.15) is 0 Å². The number of hydrogen-bond acceptors (Lipinski definition) is 2. The van der Waals surface area contributed by atoms with E-state index in [1.807, 2.05) is 6.20 Å². The summed E-state index contributed by atoms with van der Waals surface area (Å²) in [5.74, 6) is 0.728. The van der Waals surface area contributed by atoms with Gasteiger partial charge in [0.15, 0.2) is 5.82 Å². The summed E-state index contributed by atoms with van der Waals surface area (Å²) in [6, 6.07) is 69.7. The topological polar surface area (TPSA) is 25.8 Å². The Balaban J connectivity index is 0.994. The summed E-state index contributed by atoms with van der Waals surface area (Å²) in [5, 5.41) is 0. The van der Waals surface area contributed by atoms with Gasteiger partial charge in [-0.15, -0.1) is 0 Å². The third-order valence-electron chi connectivity index (χ3n) is 13.2.